The van der Waals surface area contributed by atoms with Gasteiger partial charge in [-0.2, -0.15) is 0 Å². The van der Waals surface area contributed by atoms with Gasteiger partial charge >= 0.3 is 0 Å². The normalized spacial score (nSPS) is 22.8. The molecule has 2 atom stereocenters. The third-order valence-corrected chi connectivity index (χ3v) is 5.90. The van der Waals surface area contributed by atoms with Gasteiger partial charge in [0.1, 0.15) is 25.8 Å². The zero-order valence-electron chi connectivity index (χ0n) is 16.1. The fourth-order valence-corrected chi connectivity index (χ4v) is 4.55. The van der Waals surface area contributed by atoms with E-state index in [4.69, 9.17) is 9.47 Å². The molecule has 29 heavy (non-hydrogen) atoms. The Hall–Kier alpha value is -3.06. The summed E-state index contributed by atoms with van der Waals surface area (Å²) in [6, 6.07) is 13.8. The van der Waals surface area contributed by atoms with Gasteiger partial charge in [-0.1, -0.05) is 12.1 Å². The van der Waals surface area contributed by atoms with E-state index in [-0.39, 0.29) is 24.4 Å². The van der Waals surface area contributed by atoms with Crippen molar-refractivity contribution in [1.29, 1.82) is 0 Å². The van der Waals surface area contributed by atoms with Gasteiger partial charge in [0.25, 0.3) is 5.91 Å². The molecule has 1 saturated heterocycles. The Morgan fingerprint density at radius 2 is 1.97 bits per heavy atom. The van der Waals surface area contributed by atoms with Crippen molar-refractivity contribution in [3.8, 4) is 11.5 Å². The van der Waals surface area contributed by atoms with Crippen molar-refractivity contribution in [3.05, 3.63) is 48.0 Å². The van der Waals surface area contributed by atoms with Gasteiger partial charge in [-0.25, -0.2) is 0 Å². The number of ether oxygens (including phenoxy) is 2. The third-order valence-electron chi connectivity index (χ3n) is 5.90. The highest BCUT2D eigenvalue weighted by molar-refractivity contribution is 6.10. The lowest BCUT2D eigenvalue weighted by molar-refractivity contribution is -0.910. The van der Waals surface area contributed by atoms with Crippen LogP contribution >= 0.6 is 0 Å². The molecule has 2 amide bonds. The Kier molecular flexibility index (Phi) is 4.60. The van der Waals surface area contributed by atoms with Gasteiger partial charge in [0, 0.05) is 18.4 Å². The summed E-state index contributed by atoms with van der Waals surface area (Å²) in [6.45, 7) is 2.50. The summed E-state index contributed by atoms with van der Waals surface area (Å²) in [7, 11) is 0. The van der Waals surface area contributed by atoms with Gasteiger partial charge in [-0.05, 0) is 30.3 Å². The lowest BCUT2D eigenvalue weighted by atomic mass is 10.0. The molecule has 0 radical (unpaired) electrons. The van der Waals surface area contributed by atoms with Crippen LogP contribution in [0, 0.1) is 0 Å². The molecule has 3 aliphatic heterocycles. The average Bonchev–Trinajstić information content (AvgIpc) is 3.20. The second-order valence-electron chi connectivity index (χ2n) is 7.73. The maximum absolute atomic E-state index is 13.2. The van der Waals surface area contributed by atoms with E-state index < -0.39 is 0 Å². The first-order valence-electron chi connectivity index (χ1n) is 10.1. The van der Waals surface area contributed by atoms with Crippen LogP contribution < -0.4 is 24.6 Å². The lowest BCUT2D eigenvalue weighted by Gasteiger charge is -2.31. The highest BCUT2D eigenvalue weighted by Crippen LogP contribution is 2.34. The molecule has 7 nitrogen and oxygen atoms in total. The van der Waals surface area contributed by atoms with E-state index in [1.807, 2.05) is 30.3 Å². The van der Waals surface area contributed by atoms with Gasteiger partial charge in [-0.15, -0.1) is 0 Å². The SMILES string of the molecule is O=C1CN(C(=O)C[NH+]2CCC[C@@H]2c2ccc3c(c2)OCCO3)c2ccccc2N1. The Bertz CT molecular complexity index is 961. The number of fused-ring (bicyclic) bond motifs is 2. The molecule has 1 fully saturated rings. The van der Waals surface area contributed by atoms with Crippen molar-refractivity contribution in [2.45, 2.75) is 18.9 Å². The molecule has 2 aromatic carbocycles. The molecule has 2 N–H and O–H groups in total. The highest BCUT2D eigenvalue weighted by atomic mass is 16.6. The second-order valence-corrected chi connectivity index (χ2v) is 7.73. The van der Waals surface area contributed by atoms with E-state index in [1.165, 1.54) is 10.5 Å². The van der Waals surface area contributed by atoms with Crippen LogP contribution in [-0.2, 0) is 9.59 Å². The zero-order valence-corrected chi connectivity index (χ0v) is 16.1. The highest BCUT2D eigenvalue weighted by Gasteiger charge is 2.35. The molecule has 1 unspecified atom stereocenters. The van der Waals surface area contributed by atoms with Gasteiger partial charge in [0.2, 0.25) is 5.91 Å². The molecule has 0 bridgehead atoms. The van der Waals surface area contributed by atoms with Crippen LogP contribution in [0.4, 0.5) is 11.4 Å². The number of likely N-dealkylation sites (tertiary alicyclic amines) is 1. The Morgan fingerprint density at radius 3 is 2.86 bits per heavy atom. The molecular formula is C22H24N3O4+. The molecule has 0 spiro atoms. The first kappa shape index (κ1) is 18.0. The summed E-state index contributed by atoms with van der Waals surface area (Å²) in [6.07, 6.45) is 2.10. The number of hydrogen-bond donors (Lipinski definition) is 2. The minimum absolute atomic E-state index is 0.0215. The van der Waals surface area contributed by atoms with Crippen molar-refractivity contribution in [1.82, 2.24) is 0 Å². The summed E-state index contributed by atoms with van der Waals surface area (Å²) in [5.74, 6) is 1.39. The Morgan fingerprint density at radius 1 is 1.14 bits per heavy atom. The maximum Gasteiger partial charge on any atom is 0.282 e. The van der Waals surface area contributed by atoms with Crippen LogP contribution in [0.15, 0.2) is 42.5 Å². The van der Waals surface area contributed by atoms with Gasteiger partial charge < -0.3 is 19.7 Å². The number of carbonyl (C=O) groups is 2. The number of quaternary nitrogens is 1. The summed E-state index contributed by atoms with van der Waals surface area (Å²) < 4.78 is 11.4. The van der Waals surface area contributed by atoms with Crippen LogP contribution in [0.1, 0.15) is 24.4 Å². The molecule has 7 heteroatoms. The molecule has 0 aromatic heterocycles. The van der Waals surface area contributed by atoms with Crippen molar-refractivity contribution in [2.75, 3.05) is 43.1 Å². The van der Waals surface area contributed by atoms with Gasteiger partial charge in [0.15, 0.2) is 18.0 Å². The first-order valence-corrected chi connectivity index (χ1v) is 10.1. The lowest BCUT2D eigenvalue weighted by Crippen LogP contribution is -3.11. The molecule has 0 aliphatic carbocycles. The largest absolute Gasteiger partial charge is 0.486 e. The predicted octanol–water partition coefficient (Wildman–Crippen LogP) is 1.16. The monoisotopic (exact) mass is 394 g/mol. The number of rotatable bonds is 3. The topological polar surface area (TPSA) is 72.3 Å². The Labute approximate surface area is 169 Å². The van der Waals surface area contributed by atoms with Crippen LogP contribution in [0.3, 0.4) is 0 Å². The molecule has 3 heterocycles. The summed E-state index contributed by atoms with van der Waals surface area (Å²) in [5, 5.41) is 2.84. The number of hydrogen-bond acceptors (Lipinski definition) is 4. The van der Waals surface area contributed by atoms with E-state index in [9.17, 15) is 9.59 Å². The fraction of sp³-hybridized carbons (Fsp3) is 0.364. The number of anilines is 2. The summed E-state index contributed by atoms with van der Waals surface area (Å²) >= 11 is 0. The zero-order chi connectivity index (χ0) is 19.8. The third kappa shape index (κ3) is 3.42. The standard InChI is InChI=1S/C22H23N3O4/c26-21-13-25(18-5-2-1-4-16(18)23-21)22(27)14-24-9-3-6-17(24)15-7-8-19-20(12-15)29-11-10-28-19/h1-2,4-5,7-8,12,17H,3,6,9-11,13-14H2,(H,23,26)/p+1/t17-/m1/s1. The predicted molar refractivity (Wildman–Crippen MR) is 108 cm³/mol. The summed E-state index contributed by atoms with van der Waals surface area (Å²) in [5.41, 5.74) is 2.63. The first-order chi connectivity index (χ1) is 14.2. The van der Waals surface area contributed by atoms with E-state index in [1.54, 1.807) is 4.90 Å². The van der Waals surface area contributed by atoms with Gasteiger partial charge in [-0.3, -0.25) is 14.5 Å². The smallest absolute Gasteiger partial charge is 0.282 e. The van der Waals surface area contributed by atoms with Crippen molar-refractivity contribution >= 4 is 23.2 Å². The number of benzene rings is 2. The number of amides is 2. The number of nitrogens with zero attached hydrogens (tertiary/aromatic N) is 1. The maximum atomic E-state index is 13.2. The van der Waals surface area contributed by atoms with Crippen LogP contribution in [0.2, 0.25) is 0 Å². The average molecular weight is 394 g/mol. The molecule has 2 aromatic rings. The van der Waals surface area contributed by atoms with Crippen molar-refractivity contribution in [3.63, 3.8) is 0 Å². The van der Waals surface area contributed by atoms with E-state index in [0.717, 1.165) is 36.6 Å². The van der Waals surface area contributed by atoms with Crippen LogP contribution in [0.5, 0.6) is 11.5 Å². The molecule has 5 rings (SSSR count). The van der Waals surface area contributed by atoms with E-state index in [0.29, 0.717) is 25.4 Å². The summed E-state index contributed by atoms with van der Waals surface area (Å²) in [4.78, 5) is 28.1. The number of nitrogens with one attached hydrogen (secondary N) is 2. The van der Waals surface area contributed by atoms with Crippen LogP contribution in [0.25, 0.3) is 0 Å². The van der Waals surface area contributed by atoms with Crippen molar-refractivity contribution in [2.24, 2.45) is 0 Å². The quantitative estimate of drug-likeness (QED) is 0.820. The minimum Gasteiger partial charge on any atom is -0.486 e. The molecule has 0 saturated carbocycles. The van der Waals surface area contributed by atoms with Crippen LogP contribution in [-0.4, -0.2) is 44.7 Å². The molecular weight excluding hydrogens is 370 g/mol. The number of para-hydroxylation sites is 2. The Balaban J connectivity index is 1.35. The van der Waals surface area contributed by atoms with E-state index >= 15 is 0 Å². The van der Waals surface area contributed by atoms with Gasteiger partial charge in [0.05, 0.1) is 17.9 Å². The number of carbonyl (C=O) groups excluding carboxylic acids is 2. The second kappa shape index (κ2) is 7.40. The minimum atomic E-state index is -0.156. The fourth-order valence-electron chi connectivity index (χ4n) is 4.55. The van der Waals surface area contributed by atoms with E-state index in [2.05, 4.69) is 17.4 Å². The van der Waals surface area contributed by atoms with Crippen molar-refractivity contribution < 1.29 is 24.0 Å². The molecule has 3 aliphatic rings. The molecule has 150 valence electrons.